The molecule has 188 valence electrons. The molecule has 0 saturated heterocycles. The van der Waals surface area contributed by atoms with Gasteiger partial charge in [-0.25, -0.2) is 17.2 Å². The van der Waals surface area contributed by atoms with E-state index in [0.29, 0.717) is 38.1 Å². The predicted molar refractivity (Wildman–Crippen MR) is 136 cm³/mol. The van der Waals surface area contributed by atoms with Crippen LogP contribution in [-0.4, -0.2) is 35.5 Å². The van der Waals surface area contributed by atoms with Gasteiger partial charge >= 0.3 is 0 Å². The van der Waals surface area contributed by atoms with E-state index in [2.05, 4.69) is 20.3 Å². The van der Waals surface area contributed by atoms with Gasteiger partial charge in [0.1, 0.15) is 11.6 Å². The second-order valence-electron chi connectivity index (χ2n) is 8.61. The number of rotatable bonds is 6. The fraction of sp³-hybridized carbons (Fsp3) is 0.115. The summed E-state index contributed by atoms with van der Waals surface area (Å²) in [6.07, 6.45) is 5.24. The van der Waals surface area contributed by atoms with Gasteiger partial charge in [0.25, 0.3) is 5.91 Å². The van der Waals surface area contributed by atoms with Crippen LogP contribution in [0.2, 0.25) is 5.02 Å². The molecular formula is C26H19ClF2N4O3S. The molecule has 0 atom stereocenters. The van der Waals surface area contributed by atoms with Crippen LogP contribution in [0.3, 0.4) is 0 Å². The molecule has 2 aromatic carbocycles. The Morgan fingerprint density at radius 2 is 1.92 bits per heavy atom. The molecule has 3 heterocycles. The Bertz CT molecular complexity index is 1810. The third kappa shape index (κ3) is 5.16. The van der Waals surface area contributed by atoms with Gasteiger partial charge in [-0.2, -0.15) is 0 Å². The molecule has 5 rings (SSSR count). The number of H-pyrrole nitrogens is 1. The Labute approximate surface area is 215 Å². The Balaban J connectivity index is 1.38. The van der Waals surface area contributed by atoms with Gasteiger partial charge < -0.3 is 10.3 Å². The molecule has 1 amide bonds. The van der Waals surface area contributed by atoms with Gasteiger partial charge in [-0.1, -0.05) is 11.6 Å². The van der Waals surface area contributed by atoms with E-state index in [9.17, 15) is 22.0 Å². The molecule has 5 aromatic rings. The minimum atomic E-state index is -3.64. The van der Waals surface area contributed by atoms with Crippen molar-refractivity contribution in [2.24, 2.45) is 0 Å². The van der Waals surface area contributed by atoms with E-state index in [-0.39, 0.29) is 28.9 Å². The number of hydrogen-bond acceptors (Lipinski definition) is 5. The maximum absolute atomic E-state index is 14.4. The number of benzene rings is 2. The zero-order valence-corrected chi connectivity index (χ0v) is 20.9. The molecule has 0 fully saturated rings. The number of amides is 1. The van der Waals surface area contributed by atoms with E-state index in [0.717, 1.165) is 12.5 Å². The molecule has 11 heteroatoms. The summed E-state index contributed by atoms with van der Waals surface area (Å²) in [4.78, 5) is 23.9. The van der Waals surface area contributed by atoms with Crippen LogP contribution in [0.25, 0.3) is 21.8 Å². The normalized spacial score (nSPS) is 11.8. The van der Waals surface area contributed by atoms with Crippen molar-refractivity contribution in [3.05, 3.63) is 100 Å². The summed E-state index contributed by atoms with van der Waals surface area (Å²) < 4.78 is 52.9. The lowest BCUT2D eigenvalue weighted by Gasteiger charge is -2.10. The lowest BCUT2D eigenvalue weighted by atomic mass is 10.0. The molecule has 0 aliphatic carbocycles. The molecular weight excluding hydrogens is 522 g/mol. The molecule has 0 spiro atoms. The highest BCUT2D eigenvalue weighted by atomic mass is 35.5. The van der Waals surface area contributed by atoms with Crippen LogP contribution in [0.15, 0.2) is 66.0 Å². The molecule has 7 nitrogen and oxygen atoms in total. The monoisotopic (exact) mass is 540 g/mol. The van der Waals surface area contributed by atoms with Gasteiger partial charge in [-0.05, 0) is 48.0 Å². The van der Waals surface area contributed by atoms with Crippen molar-refractivity contribution in [3.8, 4) is 0 Å². The van der Waals surface area contributed by atoms with Gasteiger partial charge in [-0.3, -0.25) is 14.8 Å². The van der Waals surface area contributed by atoms with E-state index >= 15 is 0 Å². The van der Waals surface area contributed by atoms with Crippen LogP contribution >= 0.6 is 11.6 Å². The number of aromatic amines is 1. The average molecular weight is 541 g/mol. The first kappa shape index (κ1) is 24.8. The van der Waals surface area contributed by atoms with Crippen LogP contribution in [0.1, 0.15) is 27.2 Å². The van der Waals surface area contributed by atoms with Crippen LogP contribution < -0.4 is 5.32 Å². The number of nitrogens with one attached hydrogen (secondary N) is 2. The summed E-state index contributed by atoms with van der Waals surface area (Å²) in [5.41, 5.74) is 2.36. The number of nitrogens with zero attached hydrogens (tertiary/aromatic N) is 2. The number of aromatic nitrogens is 3. The summed E-state index contributed by atoms with van der Waals surface area (Å²) in [7, 11) is -3.64. The summed E-state index contributed by atoms with van der Waals surface area (Å²) in [5.74, 6) is -1.51. The highest BCUT2D eigenvalue weighted by Gasteiger charge is 2.17. The van der Waals surface area contributed by atoms with E-state index in [1.54, 1.807) is 24.4 Å². The largest absolute Gasteiger partial charge is 0.360 e. The minimum absolute atomic E-state index is 0.0181. The summed E-state index contributed by atoms with van der Waals surface area (Å²) in [5, 5.41) is 4.14. The first-order valence-corrected chi connectivity index (χ1v) is 13.3. The predicted octanol–water partition coefficient (Wildman–Crippen LogP) is 4.97. The smallest absolute Gasteiger partial charge is 0.251 e. The van der Waals surface area contributed by atoms with Crippen LogP contribution in [-0.2, 0) is 22.8 Å². The van der Waals surface area contributed by atoms with Crippen molar-refractivity contribution in [2.45, 2.75) is 17.9 Å². The maximum atomic E-state index is 14.4. The summed E-state index contributed by atoms with van der Waals surface area (Å²) >= 11 is 6.11. The van der Waals surface area contributed by atoms with Crippen LogP contribution in [0.4, 0.5) is 8.78 Å². The summed E-state index contributed by atoms with van der Waals surface area (Å²) in [6, 6.07) is 10.3. The molecule has 2 N–H and O–H groups in total. The maximum Gasteiger partial charge on any atom is 0.251 e. The molecule has 37 heavy (non-hydrogen) atoms. The fourth-order valence-electron chi connectivity index (χ4n) is 4.13. The second kappa shape index (κ2) is 9.53. The number of pyridine rings is 2. The Morgan fingerprint density at radius 3 is 2.70 bits per heavy atom. The Morgan fingerprint density at radius 1 is 1.11 bits per heavy atom. The Hall–Kier alpha value is -3.89. The van der Waals surface area contributed by atoms with Gasteiger partial charge in [0.05, 0.1) is 21.6 Å². The third-order valence-electron chi connectivity index (χ3n) is 5.88. The number of fused-ring (bicyclic) bond motifs is 2. The van der Waals surface area contributed by atoms with Crippen molar-refractivity contribution < 1.29 is 22.0 Å². The standard InChI is InChI=1S/C26H19ClF2N4O3S/c1-37(35,36)24-6-14(4-16-7-18(28)12-32-25(16)24)5-19-8-15(2-3-30-19)26(34)33-11-17-9-20-21(27)13-31-23(20)10-22(17)29/h2-4,6-10,12-13,31H,5,11H2,1H3,(H,33,34). The van der Waals surface area contributed by atoms with Gasteiger partial charge in [0.15, 0.2) is 9.84 Å². The molecule has 0 radical (unpaired) electrons. The average Bonchev–Trinajstić information content (AvgIpc) is 3.20. The highest BCUT2D eigenvalue weighted by molar-refractivity contribution is 7.91. The first-order valence-electron chi connectivity index (χ1n) is 11.0. The van der Waals surface area contributed by atoms with Crippen molar-refractivity contribution in [2.75, 3.05) is 6.26 Å². The zero-order valence-electron chi connectivity index (χ0n) is 19.3. The molecule has 0 bridgehead atoms. The number of carbonyl (C=O) groups is 1. The quantitative estimate of drug-likeness (QED) is 0.316. The van der Waals surface area contributed by atoms with E-state index in [1.807, 2.05) is 0 Å². The lowest BCUT2D eigenvalue weighted by Crippen LogP contribution is -2.23. The van der Waals surface area contributed by atoms with Gasteiger partial charge in [0, 0.05) is 64.7 Å². The highest BCUT2D eigenvalue weighted by Crippen LogP contribution is 2.27. The number of sulfone groups is 1. The van der Waals surface area contributed by atoms with E-state index < -0.39 is 27.4 Å². The number of hydrogen-bond donors (Lipinski definition) is 2. The molecule has 0 aliphatic rings. The molecule has 0 aliphatic heterocycles. The number of halogens is 3. The van der Waals surface area contributed by atoms with Crippen molar-refractivity contribution >= 4 is 49.2 Å². The van der Waals surface area contributed by atoms with Crippen molar-refractivity contribution in [3.63, 3.8) is 0 Å². The van der Waals surface area contributed by atoms with Crippen LogP contribution in [0.5, 0.6) is 0 Å². The number of carbonyl (C=O) groups excluding carboxylic acids is 1. The lowest BCUT2D eigenvalue weighted by molar-refractivity contribution is 0.0950. The fourth-order valence-corrected chi connectivity index (χ4v) is 5.22. The van der Waals surface area contributed by atoms with Crippen LogP contribution in [0, 0.1) is 11.6 Å². The minimum Gasteiger partial charge on any atom is -0.360 e. The Kier molecular flexibility index (Phi) is 6.38. The second-order valence-corrected chi connectivity index (χ2v) is 11.0. The SMILES string of the molecule is CS(=O)(=O)c1cc(Cc2cc(C(=O)NCc3cc4c(Cl)c[nH]c4cc3F)ccn2)cc2cc(F)cnc12. The van der Waals surface area contributed by atoms with E-state index in [4.69, 9.17) is 11.6 Å². The molecule has 0 unspecified atom stereocenters. The molecule has 0 saturated carbocycles. The third-order valence-corrected chi connectivity index (χ3v) is 7.30. The topological polar surface area (TPSA) is 105 Å². The van der Waals surface area contributed by atoms with Gasteiger partial charge in [0.2, 0.25) is 0 Å². The summed E-state index contributed by atoms with van der Waals surface area (Å²) in [6.45, 7) is -0.0548. The first-order chi connectivity index (χ1) is 17.6. The van der Waals surface area contributed by atoms with E-state index in [1.165, 1.54) is 30.5 Å². The van der Waals surface area contributed by atoms with Crippen molar-refractivity contribution in [1.82, 2.24) is 20.3 Å². The van der Waals surface area contributed by atoms with Crippen molar-refractivity contribution in [1.29, 1.82) is 0 Å². The zero-order chi connectivity index (χ0) is 26.3. The van der Waals surface area contributed by atoms with Gasteiger partial charge in [-0.15, -0.1) is 0 Å². The molecule has 3 aromatic heterocycles.